The Morgan fingerprint density at radius 3 is 2.89 bits per heavy atom. The molecule has 1 N–H and O–H groups in total. The van der Waals surface area contributed by atoms with Crippen LogP contribution in [0, 0.1) is 0 Å². The van der Waals surface area contributed by atoms with E-state index in [-0.39, 0.29) is 18.0 Å². The molecule has 1 aliphatic heterocycles. The molecule has 0 spiro atoms. The van der Waals surface area contributed by atoms with E-state index in [2.05, 4.69) is 41.5 Å². The van der Waals surface area contributed by atoms with Crippen LogP contribution < -0.4 is 5.32 Å². The van der Waals surface area contributed by atoms with Crippen molar-refractivity contribution in [3.8, 4) is 0 Å². The van der Waals surface area contributed by atoms with Gasteiger partial charge in [0.2, 0.25) is 5.91 Å². The lowest BCUT2D eigenvalue weighted by Crippen LogP contribution is -2.38. The van der Waals surface area contributed by atoms with E-state index in [9.17, 15) is 4.79 Å². The Morgan fingerprint density at radius 1 is 1.44 bits per heavy atom. The molecule has 1 amide bonds. The number of nitrogens with zero attached hydrogens (tertiary/aromatic N) is 1. The minimum atomic E-state index is 0.138. The highest BCUT2D eigenvalue weighted by atomic mass is 16.1. The molecule has 2 rings (SSSR count). The summed E-state index contributed by atoms with van der Waals surface area (Å²) in [4.78, 5) is 14.2. The molecule has 3 nitrogen and oxygen atoms in total. The number of hydrogen-bond donors (Lipinski definition) is 1. The molecule has 0 bridgehead atoms. The third-order valence-corrected chi connectivity index (χ3v) is 3.51. The molecule has 0 aliphatic carbocycles. The van der Waals surface area contributed by atoms with Crippen molar-refractivity contribution in [2.45, 2.75) is 38.8 Å². The Morgan fingerprint density at radius 2 is 2.17 bits per heavy atom. The van der Waals surface area contributed by atoms with Crippen LogP contribution in [-0.4, -0.2) is 30.4 Å². The molecule has 1 aromatic carbocycles. The number of hydrogen-bond acceptors (Lipinski definition) is 2. The van der Waals surface area contributed by atoms with Gasteiger partial charge in [-0.3, -0.25) is 9.69 Å². The maximum atomic E-state index is 11.9. The van der Waals surface area contributed by atoms with Gasteiger partial charge in [-0.1, -0.05) is 24.3 Å². The van der Waals surface area contributed by atoms with Gasteiger partial charge in [0, 0.05) is 25.0 Å². The van der Waals surface area contributed by atoms with E-state index in [0.717, 1.165) is 13.0 Å². The molecule has 18 heavy (non-hydrogen) atoms. The van der Waals surface area contributed by atoms with Crippen LogP contribution >= 0.6 is 0 Å². The largest absolute Gasteiger partial charge is 0.354 e. The topological polar surface area (TPSA) is 32.3 Å². The van der Waals surface area contributed by atoms with Crippen LogP contribution in [0.2, 0.25) is 0 Å². The summed E-state index contributed by atoms with van der Waals surface area (Å²) in [5, 5.41) is 2.98. The van der Waals surface area contributed by atoms with Crippen LogP contribution in [0.4, 0.5) is 0 Å². The van der Waals surface area contributed by atoms with E-state index in [1.54, 1.807) is 0 Å². The first-order valence-electron chi connectivity index (χ1n) is 6.65. The number of nitrogens with one attached hydrogen (secondary N) is 1. The minimum absolute atomic E-state index is 0.138. The molecule has 1 aromatic rings. The summed E-state index contributed by atoms with van der Waals surface area (Å²) in [6.45, 7) is 5.02. The van der Waals surface area contributed by atoms with Crippen LogP contribution in [-0.2, 0) is 11.2 Å². The van der Waals surface area contributed by atoms with Gasteiger partial charge in [0.1, 0.15) is 0 Å². The summed E-state index contributed by atoms with van der Waals surface area (Å²) in [7, 11) is 2.10. The quantitative estimate of drug-likeness (QED) is 0.886. The van der Waals surface area contributed by atoms with Gasteiger partial charge in [0.05, 0.1) is 0 Å². The maximum Gasteiger partial charge on any atom is 0.222 e. The fourth-order valence-corrected chi connectivity index (χ4v) is 2.60. The highest BCUT2D eigenvalue weighted by Crippen LogP contribution is 2.30. The number of fused-ring (bicyclic) bond motifs is 1. The van der Waals surface area contributed by atoms with Crippen molar-refractivity contribution in [1.29, 1.82) is 0 Å². The lowest BCUT2D eigenvalue weighted by atomic mass is 9.91. The molecule has 0 fully saturated rings. The van der Waals surface area contributed by atoms with E-state index in [4.69, 9.17) is 0 Å². The molecule has 0 aromatic heterocycles. The second-order valence-electron chi connectivity index (χ2n) is 5.37. The predicted octanol–water partition coefficient (Wildman–Crippen LogP) is 2.13. The zero-order valence-electron chi connectivity index (χ0n) is 11.4. The van der Waals surface area contributed by atoms with Crippen LogP contribution in [0.3, 0.4) is 0 Å². The molecular formula is C15H22N2O. The zero-order chi connectivity index (χ0) is 13.1. The van der Waals surface area contributed by atoms with Crippen molar-refractivity contribution in [1.82, 2.24) is 10.2 Å². The fraction of sp³-hybridized carbons (Fsp3) is 0.533. The highest BCUT2D eigenvalue weighted by Gasteiger charge is 2.26. The van der Waals surface area contributed by atoms with E-state index in [0.29, 0.717) is 6.42 Å². The normalized spacial score (nSPS) is 19.7. The SMILES string of the molecule is CC(C)NC(=O)C[C@H]1c2ccccc2CCN1C. The summed E-state index contributed by atoms with van der Waals surface area (Å²) in [5.41, 5.74) is 2.70. The minimum Gasteiger partial charge on any atom is -0.354 e. The molecule has 3 heteroatoms. The van der Waals surface area contributed by atoms with Crippen LogP contribution in [0.15, 0.2) is 24.3 Å². The van der Waals surface area contributed by atoms with Crippen molar-refractivity contribution in [2.24, 2.45) is 0 Å². The third kappa shape index (κ3) is 2.91. The third-order valence-electron chi connectivity index (χ3n) is 3.51. The van der Waals surface area contributed by atoms with Crippen LogP contribution in [0.25, 0.3) is 0 Å². The van der Waals surface area contributed by atoms with Crippen LogP contribution in [0.5, 0.6) is 0 Å². The summed E-state index contributed by atoms with van der Waals surface area (Å²) in [5.74, 6) is 0.138. The van der Waals surface area contributed by atoms with Crippen LogP contribution in [0.1, 0.15) is 37.4 Å². The molecule has 1 aliphatic rings. The second-order valence-corrected chi connectivity index (χ2v) is 5.37. The van der Waals surface area contributed by atoms with Gasteiger partial charge < -0.3 is 5.32 Å². The molecule has 0 unspecified atom stereocenters. The van der Waals surface area contributed by atoms with Gasteiger partial charge in [0.15, 0.2) is 0 Å². The maximum absolute atomic E-state index is 11.9. The number of benzene rings is 1. The molecule has 98 valence electrons. The smallest absolute Gasteiger partial charge is 0.222 e. The first kappa shape index (κ1) is 13.1. The van der Waals surface area contributed by atoms with Crippen molar-refractivity contribution < 1.29 is 4.79 Å². The fourth-order valence-electron chi connectivity index (χ4n) is 2.60. The number of amides is 1. The van der Waals surface area contributed by atoms with Gasteiger partial charge in [-0.05, 0) is 38.4 Å². The predicted molar refractivity (Wildman–Crippen MR) is 73.4 cm³/mol. The average molecular weight is 246 g/mol. The molecule has 0 radical (unpaired) electrons. The number of carbonyl (C=O) groups is 1. The summed E-state index contributed by atoms with van der Waals surface area (Å²) in [6.07, 6.45) is 1.63. The number of likely N-dealkylation sites (N-methyl/N-ethyl adjacent to an activating group) is 1. The number of rotatable bonds is 3. The Labute approximate surface area is 109 Å². The Bertz CT molecular complexity index is 428. The average Bonchev–Trinajstić information content (AvgIpc) is 2.32. The monoisotopic (exact) mass is 246 g/mol. The van der Waals surface area contributed by atoms with E-state index < -0.39 is 0 Å². The second kappa shape index (κ2) is 5.53. The molecular weight excluding hydrogens is 224 g/mol. The lowest BCUT2D eigenvalue weighted by molar-refractivity contribution is -0.122. The highest BCUT2D eigenvalue weighted by molar-refractivity contribution is 5.77. The van der Waals surface area contributed by atoms with Crippen molar-refractivity contribution in [3.63, 3.8) is 0 Å². The molecule has 1 atom stereocenters. The first-order chi connectivity index (χ1) is 8.58. The zero-order valence-corrected chi connectivity index (χ0v) is 11.4. The van der Waals surface area contributed by atoms with Gasteiger partial charge in [0.25, 0.3) is 0 Å². The molecule has 1 heterocycles. The molecule has 0 saturated heterocycles. The Kier molecular flexibility index (Phi) is 4.02. The van der Waals surface area contributed by atoms with Crippen molar-refractivity contribution >= 4 is 5.91 Å². The van der Waals surface area contributed by atoms with E-state index >= 15 is 0 Å². The lowest BCUT2D eigenvalue weighted by Gasteiger charge is -2.34. The van der Waals surface area contributed by atoms with E-state index in [1.165, 1.54) is 11.1 Å². The first-order valence-corrected chi connectivity index (χ1v) is 6.65. The van der Waals surface area contributed by atoms with Crippen molar-refractivity contribution in [3.05, 3.63) is 35.4 Å². The summed E-state index contributed by atoms with van der Waals surface area (Å²) < 4.78 is 0. The molecule has 0 saturated carbocycles. The van der Waals surface area contributed by atoms with Crippen molar-refractivity contribution in [2.75, 3.05) is 13.6 Å². The van der Waals surface area contributed by atoms with Gasteiger partial charge in [-0.25, -0.2) is 0 Å². The summed E-state index contributed by atoms with van der Waals surface area (Å²) in [6, 6.07) is 8.89. The summed E-state index contributed by atoms with van der Waals surface area (Å²) >= 11 is 0. The number of carbonyl (C=O) groups excluding carboxylic acids is 1. The van der Waals surface area contributed by atoms with Gasteiger partial charge in [-0.15, -0.1) is 0 Å². The Hall–Kier alpha value is -1.35. The van der Waals surface area contributed by atoms with E-state index in [1.807, 2.05) is 13.8 Å². The Balaban J connectivity index is 2.14. The standard InChI is InChI=1S/C15H22N2O/c1-11(2)16-15(18)10-14-13-7-5-4-6-12(13)8-9-17(14)3/h4-7,11,14H,8-10H2,1-3H3,(H,16,18)/t14-/m0/s1. The van der Waals surface area contributed by atoms with Gasteiger partial charge in [-0.2, -0.15) is 0 Å². The van der Waals surface area contributed by atoms with Gasteiger partial charge >= 0.3 is 0 Å².